The van der Waals surface area contributed by atoms with Crippen molar-refractivity contribution in [2.24, 2.45) is 11.8 Å². The maximum atomic E-state index is 12.5. The van der Waals surface area contributed by atoms with E-state index in [1.54, 1.807) is 0 Å². The van der Waals surface area contributed by atoms with Gasteiger partial charge in [0.05, 0.1) is 0 Å². The van der Waals surface area contributed by atoms with Gasteiger partial charge < -0.3 is 14.9 Å². The van der Waals surface area contributed by atoms with Gasteiger partial charge in [-0.25, -0.2) is 4.79 Å². The van der Waals surface area contributed by atoms with Gasteiger partial charge in [-0.3, -0.25) is 4.79 Å². The second kappa shape index (κ2) is 6.78. The molecule has 1 heterocycles. The maximum absolute atomic E-state index is 12.5. The van der Waals surface area contributed by atoms with E-state index in [0.29, 0.717) is 11.8 Å². The van der Waals surface area contributed by atoms with E-state index in [1.165, 1.54) is 4.90 Å². The van der Waals surface area contributed by atoms with Crippen LogP contribution in [0.15, 0.2) is 0 Å². The number of hydrogen-bond donors (Lipinski definition) is 1. The summed E-state index contributed by atoms with van der Waals surface area (Å²) < 4.78 is 0. The Hall–Kier alpha value is -1.26. The Morgan fingerprint density at radius 1 is 1.32 bits per heavy atom. The van der Waals surface area contributed by atoms with Crippen LogP contribution < -0.4 is 0 Å². The van der Waals surface area contributed by atoms with Gasteiger partial charge in [0, 0.05) is 19.1 Å². The zero-order valence-corrected chi connectivity index (χ0v) is 12.4. The van der Waals surface area contributed by atoms with Crippen LogP contribution in [0.25, 0.3) is 0 Å². The summed E-state index contributed by atoms with van der Waals surface area (Å²) in [5, 5.41) is 8.97. The molecule has 1 fully saturated rings. The molecule has 3 unspecified atom stereocenters. The second-order valence-electron chi connectivity index (χ2n) is 5.91. The first-order valence-corrected chi connectivity index (χ1v) is 7.12. The first kappa shape index (κ1) is 15.8. The summed E-state index contributed by atoms with van der Waals surface area (Å²) in [6.45, 7) is 9.39. The van der Waals surface area contributed by atoms with E-state index in [0.717, 1.165) is 25.9 Å². The Morgan fingerprint density at radius 3 is 2.26 bits per heavy atom. The Kier molecular flexibility index (Phi) is 5.63. The van der Waals surface area contributed by atoms with Crippen LogP contribution >= 0.6 is 0 Å². The molecule has 0 aromatic carbocycles. The lowest BCUT2D eigenvalue weighted by Gasteiger charge is -2.39. The standard InChI is InChI=1S/C14H26N2O3/c1-5-12(4)16(9-13(17)18)14(19)15-7-10(2)6-11(3)8-15/h10-12H,5-9H2,1-4H3,(H,17,18). The summed E-state index contributed by atoms with van der Waals surface area (Å²) >= 11 is 0. The van der Waals surface area contributed by atoms with Crippen LogP contribution in [0.3, 0.4) is 0 Å². The SMILES string of the molecule is CCC(C)N(CC(=O)O)C(=O)N1CC(C)CC(C)C1. The third-order valence-electron chi connectivity index (χ3n) is 3.81. The molecule has 1 rings (SSSR count). The molecule has 19 heavy (non-hydrogen) atoms. The molecule has 5 nitrogen and oxygen atoms in total. The van der Waals surface area contributed by atoms with Gasteiger partial charge in [0.15, 0.2) is 0 Å². The number of nitrogens with zero attached hydrogens (tertiary/aromatic N) is 2. The van der Waals surface area contributed by atoms with Gasteiger partial charge in [-0.15, -0.1) is 0 Å². The summed E-state index contributed by atoms with van der Waals surface area (Å²) in [5.41, 5.74) is 0. The number of urea groups is 1. The van der Waals surface area contributed by atoms with Crippen LogP contribution in [0, 0.1) is 11.8 Å². The summed E-state index contributed by atoms with van der Waals surface area (Å²) in [6, 6.07) is -0.175. The normalized spacial score (nSPS) is 24.9. The van der Waals surface area contributed by atoms with Crippen LogP contribution in [0.1, 0.15) is 40.5 Å². The number of hydrogen-bond acceptors (Lipinski definition) is 2. The number of piperidine rings is 1. The van der Waals surface area contributed by atoms with Crippen molar-refractivity contribution < 1.29 is 14.7 Å². The highest BCUT2D eigenvalue weighted by Gasteiger charge is 2.31. The minimum absolute atomic E-state index is 0.0452. The van der Waals surface area contributed by atoms with Crippen LogP contribution in [-0.2, 0) is 4.79 Å². The highest BCUT2D eigenvalue weighted by atomic mass is 16.4. The molecule has 0 aromatic heterocycles. The van der Waals surface area contributed by atoms with E-state index >= 15 is 0 Å². The van der Waals surface area contributed by atoms with Gasteiger partial charge in [-0.05, 0) is 31.6 Å². The second-order valence-corrected chi connectivity index (χ2v) is 5.91. The van der Waals surface area contributed by atoms with Crippen molar-refractivity contribution in [1.82, 2.24) is 9.80 Å². The molecule has 1 saturated heterocycles. The number of likely N-dealkylation sites (tertiary alicyclic amines) is 1. The molecular formula is C14H26N2O3. The van der Waals surface area contributed by atoms with Crippen molar-refractivity contribution in [3.8, 4) is 0 Å². The van der Waals surface area contributed by atoms with Crippen molar-refractivity contribution in [2.75, 3.05) is 19.6 Å². The number of rotatable bonds is 4. The van der Waals surface area contributed by atoms with Crippen molar-refractivity contribution in [3.63, 3.8) is 0 Å². The predicted molar refractivity (Wildman–Crippen MR) is 74.0 cm³/mol. The lowest BCUT2D eigenvalue weighted by atomic mass is 9.92. The number of carboxylic acid groups (broad SMARTS) is 1. The van der Waals surface area contributed by atoms with Crippen molar-refractivity contribution >= 4 is 12.0 Å². The number of carbonyl (C=O) groups is 2. The Labute approximate surface area is 115 Å². The molecule has 110 valence electrons. The van der Waals surface area contributed by atoms with E-state index in [2.05, 4.69) is 13.8 Å². The van der Waals surface area contributed by atoms with Gasteiger partial charge in [0.1, 0.15) is 6.54 Å². The van der Waals surface area contributed by atoms with Gasteiger partial charge in [-0.1, -0.05) is 20.8 Å². The van der Waals surface area contributed by atoms with Crippen molar-refractivity contribution in [1.29, 1.82) is 0 Å². The van der Waals surface area contributed by atoms with Crippen LogP contribution in [0.4, 0.5) is 4.79 Å². The summed E-state index contributed by atoms with van der Waals surface area (Å²) in [7, 11) is 0. The van der Waals surface area contributed by atoms with Crippen molar-refractivity contribution in [3.05, 3.63) is 0 Å². The van der Waals surface area contributed by atoms with Gasteiger partial charge in [-0.2, -0.15) is 0 Å². The molecule has 0 bridgehead atoms. The summed E-state index contributed by atoms with van der Waals surface area (Å²) in [6.07, 6.45) is 1.89. The molecule has 1 aliphatic heterocycles. The van der Waals surface area contributed by atoms with E-state index in [4.69, 9.17) is 5.11 Å². The molecular weight excluding hydrogens is 244 g/mol. The van der Waals surface area contributed by atoms with E-state index in [9.17, 15) is 9.59 Å². The average Bonchev–Trinajstić information content (AvgIpc) is 2.32. The molecule has 5 heteroatoms. The van der Waals surface area contributed by atoms with Gasteiger partial charge in [0.25, 0.3) is 0 Å². The third kappa shape index (κ3) is 4.40. The molecule has 2 amide bonds. The zero-order valence-electron chi connectivity index (χ0n) is 12.4. The predicted octanol–water partition coefficient (Wildman–Crippen LogP) is 2.27. The Bertz CT molecular complexity index is 323. The summed E-state index contributed by atoms with van der Waals surface area (Å²) in [4.78, 5) is 26.7. The van der Waals surface area contributed by atoms with E-state index in [-0.39, 0.29) is 18.6 Å². The van der Waals surface area contributed by atoms with E-state index in [1.807, 2.05) is 18.7 Å². The van der Waals surface area contributed by atoms with Crippen LogP contribution in [0.5, 0.6) is 0 Å². The highest BCUT2D eigenvalue weighted by molar-refractivity contribution is 5.80. The molecule has 1 aliphatic rings. The topological polar surface area (TPSA) is 60.9 Å². The highest BCUT2D eigenvalue weighted by Crippen LogP contribution is 2.22. The minimum Gasteiger partial charge on any atom is -0.480 e. The number of aliphatic carboxylic acids is 1. The Balaban J connectivity index is 2.77. The molecule has 0 aliphatic carbocycles. The monoisotopic (exact) mass is 270 g/mol. The lowest BCUT2D eigenvalue weighted by Crippen LogP contribution is -2.53. The zero-order chi connectivity index (χ0) is 14.6. The number of carbonyl (C=O) groups excluding carboxylic acids is 1. The summed E-state index contributed by atoms with van der Waals surface area (Å²) in [5.74, 6) is 0.0133. The molecule has 3 atom stereocenters. The average molecular weight is 270 g/mol. The fourth-order valence-corrected chi connectivity index (χ4v) is 2.78. The molecule has 0 saturated carbocycles. The van der Waals surface area contributed by atoms with Crippen LogP contribution in [-0.4, -0.2) is 52.6 Å². The minimum atomic E-state index is -0.952. The fraction of sp³-hybridized carbons (Fsp3) is 0.857. The molecule has 0 radical (unpaired) electrons. The third-order valence-corrected chi connectivity index (χ3v) is 3.81. The molecule has 0 aromatic rings. The Morgan fingerprint density at radius 2 is 1.84 bits per heavy atom. The van der Waals surface area contributed by atoms with Crippen molar-refractivity contribution in [2.45, 2.75) is 46.6 Å². The van der Waals surface area contributed by atoms with Gasteiger partial charge in [0.2, 0.25) is 0 Å². The number of carboxylic acids is 1. The first-order valence-electron chi connectivity index (χ1n) is 7.12. The maximum Gasteiger partial charge on any atom is 0.323 e. The number of amides is 2. The lowest BCUT2D eigenvalue weighted by molar-refractivity contribution is -0.138. The largest absolute Gasteiger partial charge is 0.480 e. The quantitative estimate of drug-likeness (QED) is 0.852. The first-order chi connectivity index (χ1) is 8.85. The molecule has 0 spiro atoms. The van der Waals surface area contributed by atoms with Gasteiger partial charge >= 0.3 is 12.0 Å². The fourth-order valence-electron chi connectivity index (χ4n) is 2.78. The van der Waals surface area contributed by atoms with Crippen LogP contribution in [0.2, 0.25) is 0 Å². The van der Waals surface area contributed by atoms with E-state index < -0.39 is 5.97 Å². The smallest absolute Gasteiger partial charge is 0.323 e. The molecule has 1 N–H and O–H groups in total.